The third kappa shape index (κ3) is 6.40. The lowest BCUT2D eigenvalue weighted by atomic mass is 9.90. The Morgan fingerprint density at radius 1 is 1.23 bits per heavy atom. The second-order valence-electron chi connectivity index (χ2n) is 7.61. The van der Waals surface area contributed by atoms with Crippen molar-refractivity contribution in [1.29, 1.82) is 0 Å². The van der Waals surface area contributed by atoms with Crippen molar-refractivity contribution in [3.63, 3.8) is 0 Å². The van der Waals surface area contributed by atoms with Gasteiger partial charge in [0.1, 0.15) is 6.04 Å². The molecule has 0 bridgehead atoms. The third-order valence-electron chi connectivity index (χ3n) is 5.30. The van der Waals surface area contributed by atoms with E-state index >= 15 is 0 Å². The number of nitrogens with one attached hydrogen (secondary N) is 1. The molecule has 148 valence electrons. The van der Waals surface area contributed by atoms with Gasteiger partial charge in [-0.2, -0.15) is 0 Å². The Hall–Kier alpha value is -1.40. The van der Waals surface area contributed by atoms with Gasteiger partial charge in [0.05, 0.1) is 12.7 Å². The molecule has 6 nitrogen and oxygen atoms in total. The predicted octanol–water partition coefficient (Wildman–Crippen LogP) is 2.14. The average Bonchev–Trinajstić information content (AvgIpc) is 2.65. The van der Waals surface area contributed by atoms with Gasteiger partial charge in [-0.1, -0.05) is 31.4 Å². The molecule has 1 aliphatic heterocycles. The summed E-state index contributed by atoms with van der Waals surface area (Å²) in [5.41, 5.74) is 0. The monoisotopic (exact) mass is 366 g/mol. The summed E-state index contributed by atoms with van der Waals surface area (Å²) in [6.07, 6.45) is 9.95. The number of hydrogen-bond donors (Lipinski definition) is 1. The summed E-state index contributed by atoms with van der Waals surface area (Å²) in [6.45, 7) is 5.74. The maximum Gasteiger partial charge on any atom is 0.248 e. The van der Waals surface area contributed by atoms with E-state index in [0.717, 1.165) is 0 Å². The minimum atomic E-state index is -0.647. The first kappa shape index (κ1) is 20.9. The fraction of sp³-hybridized carbons (Fsp3) is 0.800. The van der Waals surface area contributed by atoms with Gasteiger partial charge in [-0.25, -0.2) is 0 Å². The van der Waals surface area contributed by atoms with Crippen molar-refractivity contribution in [2.24, 2.45) is 11.8 Å². The molecule has 6 heteroatoms. The summed E-state index contributed by atoms with van der Waals surface area (Å²) in [5.74, 6) is 0.469. The first-order valence-corrected chi connectivity index (χ1v) is 9.84. The molecule has 2 amide bonds. The molecule has 3 atom stereocenters. The van der Waals surface area contributed by atoms with Crippen LogP contribution in [0.25, 0.3) is 0 Å². The quantitative estimate of drug-likeness (QED) is 0.668. The highest BCUT2D eigenvalue weighted by Crippen LogP contribution is 2.24. The normalized spacial score (nSPS) is 23.5. The van der Waals surface area contributed by atoms with Crippen molar-refractivity contribution >= 4 is 11.8 Å². The Morgan fingerprint density at radius 3 is 2.62 bits per heavy atom. The Bertz CT molecular complexity index is 488. The van der Waals surface area contributed by atoms with Gasteiger partial charge < -0.3 is 19.7 Å². The van der Waals surface area contributed by atoms with E-state index in [1.807, 2.05) is 13.0 Å². The van der Waals surface area contributed by atoms with Crippen molar-refractivity contribution in [2.45, 2.75) is 58.1 Å². The Balaban J connectivity index is 1.94. The lowest BCUT2D eigenvalue weighted by molar-refractivity contribution is -0.141. The number of ether oxygens (including phenoxy) is 2. The highest BCUT2D eigenvalue weighted by molar-refractivity contribution is 5.87. The maximum atomic E-state index is 13.0. The van der Waals surface area contributed by atoms with Gasteiger partial charge in [-0.3, -0.25) is 9.59 Å². The number of carbonyl (C=O) groups is 2. The second-order valence-corrected chi connectivity index (χ2v) is 7.61. The third-order valence-corrected chi connectivity index (χ3v) is 5.30. The minimum Gasteiger partial charge on any atom is -0.384 e. The summed E-state index contributed by atoms with van der Waals surface area (Å²) in [4.78, 5) is 26.5. The van der Waals surface area contributed by atoms with Crippen LogP contribution in [0, 0.1) is 11.8 Å². The van der Waals surface area contributed by atoms with Crippen LogP contribution >= 0.6 is 0 Å². The van der Waals surface area contributed by atoms with Crippen LogP contribution in [0.3, 0.4) is 0 Å². The van der Waals surface area contributed by atoms with E-state index in [1.165, 1.54) is 39.0 Å². The SMILES string of the molecule is COC[C@H]1C=CCN(C(=O)[C@@H](NC(C)=O)[C@@H](C)OCC2CCCCC2)C1. The van der Waals surface area contributed by atoms with E-state index in [1.54, 1.807) is 12.0 Å². The van der Waals surface area contributed by atoms with Crippen molar-refractivity contribution in [3.8, 4) is 0 Å². The zero-order chi connectivity index (χ0) is 18.9. The minimum absolute atomic E-state index is 0.0817. The van der Waals surface area contributed by atoms with Gasteiger partial charge >= 0.3 is 0 Å². The number of amides is 2. The highest BCUT2D eigenvalue weighted by Gasteiger charge is 2.32. The van der Waals surface area contributed by atoms with Crippen LogP contribution in [0.15, 0.2) is 12.2 Å². The number of rotatable bonds is 8. The lowest BCUT2D eigenvalue weighted by Gasteiger charge is -2.34. The molecule has 1 saturated carbocycles. The van der Waals surface area contributed by atoms with Crippen LogP contribution in [0.5, 0.6) is 0 Å². The Morgan fingerprint density at radius 2 is 1.96 bits per heavy atom. The van der Waals surface area contributed by atoms with Crippen molar-refractivity contribution in [3.05, 3.63) is 12.2 Å². The molecule has 26 heavy (non-hydrogen) atoms. The molecular weight excluding hydrogens is 332 g/mol. The first-order valence-electron chi connectivity index (χ1n) is 9.84. The zero-order valence-electron chi connectivity index (χ0n) is 16.4. The van der Waals surface area contributed by atoms with Gasteiger partial charge in [-0.15, -0.1) is 0 Å². The van der Waals surface area contributed by atoms with Gasteiger partial charge in [0, 0.05) is 39.6 Å². The van der Waals surface area contributed by atoms with Crippen LogP contribution in [0.4, 0.5) is 0 Å². The molecule has 0 aromatic heterocycles. The second kappa shape index (κ2) is 10.7. The van der Waals surface area contributed by atoms with E-state index in [0.29, 0.717) is 32.2 Å². The molecule has 0 spiro atoms. The molecule has 0 saturated heterocycles. The maximum absolute atomic E-state index is 13.0. The molecular formula is C20H34N2O4. The average molecular weight is 367 g/mol. The molecule has 2 aliphatic rings. The number of hydrogen-bond acceptors (Lipinski definition) is 4. The van der Waals surface area contributed by atoms with Gasteiger partial charge in [0.15, 0.2) is 0 Å². The van der Waals surface area contributed by atoms with Crippen LogP contribution in [0.2, 0.25) is 0 Å². The Labute approximate surface area is 157 Å². The van der Waals surface area contributed by atoms with Gasteiger partial charge in [0.2, 0.25) is 11.8 Å². The van der Waals surface area contributed by atoms with E-state index in [9.17, 15) is 9.59 Å². The first-order chi connectivity index (χ1) is 12.5. The van der Waals surface area contributed by atoms with E-state index in [2.05, 4.69) is 11.4 Å². The van der Waals surface area contributed by atoms with E-state index in [-0.39, 0.29) is 23.8 Å². The van der Waals surface area contributed by atoms with Crippen LogP contribution in [-0.4, -0.2) is 62.3 Å². The van der Waals surface area contributed by atoms with Gasteiger partial charge in [0.25, 0.3) is 0 Å². The summed E-state index contributed by atoms with van der Waals surface area (Å²) < 4.78 is 11.2. The van der Waals surface area contributed by atoms with E-state index < -0.39 is 6.04 Å². The van der Waals surface area contributed by atoms with Crippen molar-refractivity contribution in [2.75, 3.05) is 33.4 Å². The van der Waals surface area contributed by atoms with E-state index in [4.69, 9.17) is 9.47 Å². The van der Waals surface area contributed by atoms with Gasteiger partial charge in [-0.05, 0) is 25.7 Å². The topological polar surface area (TPSA) is 67.9 Å². The predicted molar refractivity (Wildman–Crippen MR) is 101 cm³/mol. The van der Waals surface area contributed by atoms with Crippen molar-refractivity contribution < 1.29 is 19.1 Å². The van der Waals surface area contributed by atoms with Crippen molar-refractivity contribution in [1.82, 2.24) is 10.2 Å². The molecule has 0 unspecified atom stereocenters. The molecule has 0 aromatic carbocycles. The summed E-state index contributed by atoms with van der Waals surface area (Å²) in [5, 5.41) is 2.80. The molecule has 1 aliphatic carbocycles. The van der Waals surface area contributed by atoms with Crippen LogP contribution in [-0.2, 0) is 19.1 Å². The number of nitrogens with zero attached hydrogens (tertiary/aromatic N) is 1. The molecule has 2 rings (SSSR count). The fourth-order valence-electron chi connectivity index (χ4n) is 3.83. The van der Waals surface area contributed by atoms with Crippen LogP contribution in [0.1, 0.15) is 46.0 Å². The number of methoxy groups -OCH3 is 1. The summed E-state index contributed by atoms with van der Waals surface area (Å²) in [7, 11) is 1.66. The summed E-state index contributed by atoms with van der Waals surface area (Å²) in [6, 6.07) is -0.647. The highest BCUT2D eigenvalue weighted by atomic mass is 16.5. The summed E-state index contributed by atoms with van der Waals surface area (Å²) >= 11 is 0. The molecule has 0 radical (unpaired) electrons. The molecule has 1 N–H and O–H groups in total. The fourth-order valence-corrected chi connectivity index (χ4v) is 3.83. The van der Waals surface area contributed by atoms with Crippen LogP contribution < -0.4 is 5.32 Å². The lowest BCUT2D eigenvalue weighted by Crippen LogP contribution is -2.55. The smallest absolute Gasteiger partial charge is 0.248 e. The molecule has 1 heterocycles. The molecule has 0 aromatic rings. The standard InChI is InChI=1S/C20H34N2O4/c1-15(26-14-17-8-5-4-6-9-17)19(21-16(2)23)20(24)22-11-7-10-18(12-22)13-25-3/h7,10,15,17-19H,4-6,8-9,11-14H2,1-3H3,(H,21,23)/t15-,18+,19+/m1/s1. The largest absolute Gasteiger partial charge is 0.384 e. The Kier molecular flexibility index (Phi) is 8.59. The molecule has 1 fully saturated rings. The number of carbonyl (C=O) groups excluding carboxylic acids is 2. The zero-order valence-corrected chi connectivity index (χ0v) is 16.4.